The summed E-state index contributed by atoms with van der Waals surface area (Å²) in [5.41, 5.74) is 0. The Balaban J connectivity index is 3.73. The zero-order valence-corrected chi connectivity index (χ0v) is 9.33. The third-order valence-electron chi connectivity index (χ3n) is 1.89. The van der Waals surface area contributed by atoms with Gasteiger partial charge in [-0.1, -0.05) is 6.92 Å². The zero-order chi connectivity index (χ0) is 11.7. The molecule has 0 rings (SSSR count). The Labute approximate surface area is 89.3 Å². The average Bonchev–Trinajstić information content (AvgIpc) is 2.28. The quantitative estimate of drug-likeness (QED) is 0.713. The molecule has 2 N–H and O–H groups in total. The summed E-state index contributed by atoms with van der Waals surface area (Å²) >= 11 is 0. The first kappa shape index (κ1) is 13.5. The van der Waals surface area contributed by atoms with Gasteiger partial charge in [0.25, 0.3) is 0 Å². The summed E-state index contributed by atoms with van der Waals surface area (Å²) < 4.78 is 9.70. The topological polar surface area (TPSA) is 76.7 Å². The predicted octanol–water partition coefficient (Wildman–Crippen LogP) is 0.725. The second kappa shape index (κ2) is 7.90. The molecule has 88 valence electrons. The molecule has 0 aliphatic rings. The van der Waals surface area contributed by atoms with Crippen molar-refractivity contribution in [2.24, 2.45) is 5.92 Å². The van der Waals surface area contributed by atoms with Crippen LogP contribution in [0, 0.1) is 5.92 Å². The maximum Gasteiger partial charge on any atom is 0.406 e. The van der Waals surface area contributed by atoms with E-state index in [-0.39, 0.29) is 19.1 Å². The van der Waals surface area contributed by atoms with Gasteiger partial charge in [0.15, 0.2) is 0 Å². The summed E-state index contributed by atoms with van der Waals surface area (Å²) in [6.45, 7) is 2.42. The van der Waals surface area contributed by atoms with Gasteiger partial charge in [-0.3, -0.25) is 0 Å². The van der Waals surface area contributed by atoms with Crippen LogP contribution in [0.2, 0.25) is 0 Å². The summed E-state index contributed by atoms with van der Waals surface area (Å²) in [5.74, 6) is 0.0274. The molecule has 0 unspecified atom stereocenters. The average molecular weight is 218 g/mol. The number of ether oxygens (including phenoxy) is 2. The molecule has 0 atom stereocenters. The summed E-state index contributed by atoms with van der Waals surface area (Å²) in [7, 11) is 2.98. The number of rotatable bonds is 5. The fraction of sp³-hybridized carbons (Fsp3) is 0.778. The van der Waals surface area contributed by atoms with Gasteiger partial charge in [-0.2, -0.15) is 0 Å². The number of nitrogens with one attached hydrogen (secondary N) is 2. The smallest absolute Gasteiger partial charge is 0.406 e. The standard InChI is InChI=1S/C9H18N2O4/c1-4-7(5-14-8(12)10-2)6-15-9(13)11-3/h7H,4-6H2,1-3H3,(H,10,12)(H,11,13). The van der Waals surface area contributed by atoms with Crippen LogP contribution in [0.25, 0.3) is 0 Å². The Morgan fingerprint density at radius 1 is 1.07 bits per heavy atom. The van der Waals surface area contributed by atoms with E-state index in [0.717, 1.165) is 6.42 Å². The van der Waals surface area contributed by atoms with Crippen molar-refractivity contribution in [3.63, 3.8) is 0 Å². The van der Waals surface area contributed by atoms with Gasteiger partial charge in [0.2, 0.25) is 0 Å². The molecule has 0 aliphatic heterocycles. The monoisotopic (exact) mass is 218 g/mol. The largest absolute Gasteiger partial charge is 0.449 e. The molecule has 0 saturated carbocycles. The highest BCUT2D eigenvalue weighted by Crippen LogP contribution is 2.04. The Hall–Kier alpha value is -1.46. The zero-order valence-electron chi connectivity index (χ0n) is 9.33. The summed E-state index contributed by atoms with van der Waals surface area (Å²) in [5, 5.41) is 4.68. The molecule has 0 bridgehead atoms. The van der Waals surface area contributed by atoms with Gasteiger partial charge in [-0.25, -0.2) is 9.59 Å². The highest BCUT2D eigenvalue weighted by Gasteiger charge is 2.11. The maximum atomic E-state index is 10.8. The molecule has 0 spiro atoms. The number of carbonyl (C=O) groups excluding carboxylic acids is 2. The van der Waals surface area contributed by atoms with Crippen molar-refractivity contribution < 1.29 is 19.1 Å². The molecule has 0 fully saturated rings. The van der Waals surface area contributed by atoms with Gasteiger partial charge in [-0.15, -0.1) is 0 Å². The fourth-order valence-corrected chi connectivity index (χ4v) is 0.815. The first-order valence-electron chi connectivity index (χ1n) is 4.83. The van der Waals surface area contributed by atoms with Crippen LogP contribution >= 0.6 is 0 Å². The van der Waals surface area contributed by atoms with Crippen molar-refractivity contribution in [3.05, 3.63) is 0 Å². The van der Waals surface area contributed by atoms with Crippen LogP contribution in [0.5, 0.6) is 0 Å². The van der Waals surface area contributed by atoms with Gasteiger partial charge in [0.1, 0.15) is 0 Å². The SMILES string of the molecule is CCC(COC(=O)NC)COC(=O)NC. The highest BCUT2D eigenvalue weighted by molar-refractivity contribution is 5.67. The van der Waals surface area contributed by atoms with Crippen molar-refractivity contribution in [2.45, 2.75) is 13.3 Å². The molecule has 0 heterocycles. The Kier molecular flexibility index (Phi) is 7.13. The van der Waals surface area contributed by atoms with E-state index in [1.807, 2.05) is 6.92 Å². The lowest BCUT2D eigenvalue weighted by molar-refractivity contribution is 0.0861. The van der Waals surface area contributed by atoms with E-state index < -0.39 is 12.2 Å². The molecule has 0 aromatic carbocycles. The fourth-order valence-electron chi connectivity index (χ4n) is 0.815. The van der Waals surface area contributed by atoms with Gasteiger partial charge in [0.05, 0.1) is 13.2 Å². The van der Waals surface area contributed by atoms with Crippen LogP contribution < -0.4 is 10.6 Å². The van der Waals surface area contributed by atoms with Gasteiger partial charge < -0.3 is 20.1 Å². The first-order valence-corrected chi connectivity index (χ1v) is 4.83. The van der Waals surface area contributed by atoms with Crippen LogP contribution in [0.1, 0.15) is 13.3 Å². The lowest BCUT2D eigenvalue weighted by Gasteiger charge is -2.14. The van der Waals surface area contributed by atoms with E-state index in [4.69, 9.17) is 9.47 Å². The molecule has 0 saturated heterocycles. The summed E-state index contributed by atoms with van der Waals surface area (Å²) in [6, 6.07) is 0. The van der Waals surface area contributed by atoms with Gasteiger partial charge in [-0.05, 0) is 6.42 Å². The van der Waals surface area contributed by atoms with Crippen LogP contribution in [0.15, 0.2) is 0 Å². The highest BCUT2D eigenvalue weighted by atomic mass is 16.6. The lowest BCUT2D eigenvalue weighted by Crippen LogP contribution is -2.27. The van der Waals surface area contributed by atoms with E-state index in [0.29, 0.717) is 0 Å². The van der Waals surface area contributed by atoms with Crippen LogP contribution in [-0.4, -0.2) is 39.5 Å². The molecule has 2 amide bonds. The van der Waals surface area contributed by atoms with E-state index in [2.05, 4.69) is 10.6 Å². The minimum absolute atomic E-state index is 0.0274. The lowest BCUT2D eigenvalue weighted by atomic mass is 10.1. The molecule has 6 heteroatoms. The van der Waals surface area contributed by atoms with E-state index in [9.17, 15) is 9.59 Å². The normalized spacial score (nSPS) is 9.60. The minimum Gasteiger partial charge on any atom is -0.449 e. The molecule has 0 aromatic heterocycles. The number of alkyl carbamates (subject to hydrolysis) is 2. The summed E-state index contributed by atoms with van der Waals surface area (Å²) in [4.78, 5) is 21.5. The van der Waals surface area contributed by atoms with Crippen molar-refractivity contribution in [1.82, 2.24) is 10.6 Å². The van der Waals surface area contributed by atoms with Crippen molar-refractivity contribution in [2.75, 3.05) is 27.3 Å². The molecule has 15 heavy (non-hydrogen) atoms. The van der Waals surface area contributed by atoms with Crippen LogP contribution in [-0.2, 0) is 9.47 Å². The summed E-state index contributed by atoms with van der Waals surface area (Å²) in [6.07, 6.45) is -0.185. The third kappa shape index (κ3) is 6.59. The molecule has 0 radical (unpaired) electrons. The van der Waals surface area contributed by atoms with E-state index >= 15 is 0 Å². The number of amides is 2. The third-order valence-corrected chi connectivity index (χ3v) is 1.89. The maximum absolute atomic E-state index is 10.8. The number of carbonyl (C=O) groups is 2. The van der Waals surface area contributed by atoms with Crippen LogP contribution in [0.4, 0.5) is 9.59 Å². The Morgan fingerprint density at radius 2 is 1.47 bits per heavy atom. The number of hydrogen-bond acceptors (Lipinski definition) is 4. The van der Waals surface area contributed by atoms with E-state index in [1.54, 1.807) is 0 Å². The molecule has 0 aromatic rings. The van der Waals surface area contributed by atoms with Crippen molar-refractivity contribution in [1.29, 1.82) is 0 Å². The first-order chi connectivity index (χ1) is 7.13. The molecular formula is C9H18N2O4. The van der Waals surface area contributed by atoms with Crippen molar-refractivity contribution >= 4 is 12.2 Å². The van der Waals surface area contributed by atoms with Crippen LogP contribution in [0.3, 0.4) is 0 Å². The minimum atomic E-state index is -0.478. The second-order valence-electron chi connectivity index (χ2n) is 2.97. The van der Waals surface area contributed by atoms with Crippen molar-refractivity contribution in [3.8, 4) is 0 Å². The predicted molar refractivity (Wildman–Crippen MR) is 54.6 cm³/mol. The number of hydrogen-bond donors (Lipinski definition) is 2. The van der Waals surface area contributed by atoms with E-state index in [1.165, 1.54) is 14.1 Å². The Bertz CT molecular complexity index is 188. The molecule has 6 nitrogen and oxygen atoms in total. The Morgan fingerprint density at radius 3 is 1.73 bits per heavy atom. The second-order valence-corrected chi connectivity index (χ2v) is 2.97. The van der Waals surface area contributed by atoms with Gasteiger partial charge in [0, 0.05) is 20.0 Å². The molecular weight excluding hydrogens is 200 g/mol. The molecule has 0 aliphatic carbocycles. The van der Waals surface area contributed by atoms with Gasteiger partial charge >= 0.3 is 12.2 Å².